The van der Waals surface area contributed by atoms with Crippen molar-refractivity contribution in [1.82, 2.24) is 15.2 Å². The summed E-state index contributed by atoms with van der Waals surface area (Å²) in [5.74, 6) is 0.0393. The molecule has 6 heteroatoms. The Hall–Kier alpha value is -1.43. The summed E-state index contributed by atoms with van der Waals surface area (Å²) in [5, 5.41) is 5.60. The molecule has 1 aliphatic rings. The molecule has 110 valence electrons. The summed E-state index contributed by atoms with van der Waals surface area (Å²) in [5.41, 5.74) is 0. The van der Waals surface area contributed by atoms with E-state index in [1.807, 2.05) is 26.2 Å². The maximum Gasteiger partial charge on any atom is 0.246 e. The molecule has 2 rings (SSSR count). The van der Waals surface area contributed by atoms with Crippen LogP contribution in [0.4, 0.5) is 0 Å². The predicted octanol–water partition coefficient (Wildman–Crippen LogP) is 1.97. The summed E-state index contributed by atoms with van der Waals surface area (Å²) in [6.07, 6.45) is 2.58. The quantitative estimate of drug-likeness (QED) is 0.923. The van der Waals surface area contributed by atoms with Crippen molar-refractivity contribution in [2.45, 2.75) is 52.2 Å². The molecule has 1 aliphatic heterocycles. The lowest BCUT2D eigenvalue weighted by Crippen LogP contribution is -2.64. The molecule has 1 fully saturated rings. The zero-order valence-corrected chi connectivity index (χ0v) is 13.1. The summed E-state index contributed by atoms with van der Waals surface area (Å²) < 4.78 is 0. The second kappa shape index (κ2) is 5.91. The topological polar surface area (TPSA) is 62.3 Å². The van der Waals surface area contributed by atoms with E-state index in [0.717, 1.165) is 11.4 Å². The molecule has 0 saturated carbocycles. The summed E-state index contributed by atoms with van der Waals surface area (Å²) in [6.45, 7) is 7.71. The minimum absolute atomic E-state index is 0.00542. The maximum absolute atomic E-state index is 12.7. The van der Waals surface area contributed by atoms with Crippen LogP contribution >= 0.6 is 11.3 Å². The van der Waals surface area contributed by atoms with Crippen LogP contribution in [-0.2, 0) is 9.59 Å². The standard InChI is InChI=1S/C14H21N3O2S/c1-5-8(2)11-14(19)17(9(3)12(18)16-11)10(4)13-15-6-7-20-13/h6-11H,5H2,1-4H3,(H,16,18). The number of piperazine rings is 1. The van der Waals surface area contributed by atoms with Gasteiger partial charge >= 0.3 is 0 Å². The van der Waals surface area contributed by atoms with Gasteiger partial charge in [-0.05, 0) is 19.8 Å². The number of hydrogen-bond donors (Lipinski definition) is 1. The molecule has 0 aromatic carbocycles. The molecule has 0 radical (unpaired) electrons. The molecule has 20 heavy (non-hydrogen) atoms. The molecular formula is C14H21N3O2S. The average molecular weight is 295 g/mol. The fourth-order valence-corrected chi connectivity index (χ4v) is 3.21. The van der Waals surface area contributed by atoms with Crippen LogP contribution in [0.15, 0.2) is 11.6 Å². The Morgan fingerprint density at radius 1 is 1.45 bits per heavy atom. The number of aromatic nitrogens is 1. The largest absolute Gasteiger partial charge is 0.342 e. The van der Waals surface area contributed by atoms with Crippen molar-refractivity contribution in [3.05, 3.63) is 16.6 Å². The Balaban J connectivity index is 2.29. The number of amides is 2. The van der Waals surface area contributed by atoms with Gasteiger partial charge in [-0.1, -0.05) is 20.3 Å². The minimum atomic E-state index is -0.457. The highest BCUT2D eigenvalue weighted by Crippen LogP contribution is 2.28. The van der Waals surface area contributed by atoms with Crippen LogP contribution in [0.3, 0.4) is 0 Å². The number of rotatable bonds is 4. The summed E-state index contributed by atoms with van der Waals surface area (Å²) in [4.78, 5) is 30.8. The van der Waals surface area contributed by atoms with Gasteiger partial charge in [0.1, 0.15) is 17.1 Å². The first-order valence-corrected chi connectivity index (χ1v) is 7.87. The van der Waals surface area contributed by atoms with E-state index in [-0.39, 0.29) is 23.8 Å². The van der Waals surface area contributed by atoms with Gasteiger partial charge in [0.05, 0.1) is 6.04 Å². The highest BCUT2D eigenvalue weighted by Gasteiger charge is 2.42. The van der Waals surface area contributed by atoms with Crippen molar-refractivity contribution < 1.29 is 9.59 Å². The van der Waals surface area contributed by atoms with Gasteiger partial charge in [0, 0.05) is 11.6 Å². The second-order valence-electron chi connectivity index (χ2n) is 5.34. The van der Waals surface area contributed by atoms with Crippen LogP contribution < -0.4 is 5.32 Å². The Morgan fingerprint density at radius 3 is 2.70 bits per heavy atom. The van der Waals surface area contributed by atoms with Crippen molar-refractivity contribution in [2.24, 2.45) is 5.92 Å². The van der Waals surface area contributed by atoms with Gasteiger partial charge in [-0.2, -0.15) is 0 Å². The number of carbonyl (C=O) groups excluding carboxylic acids is 2. The third-order valence-electron chi connectivity index (χ3n) is 4.05. The molecule has 1 aromatic heterocycles. The highest BCUT2D eigenvalue weighted by atomic mass is 32.1. The normalized spacial score (nSPS) is 26.3. The molecular weight excluding hydrogens is 274 g/mol. The zero-order valence-electron chi connectivity index (χ0n) is 12.3. The lowest BCUT2D eigenvalue weighted by Gasteiger charge is -2.41. The fraction of sp³-hybridized carbons (Fsp3) is 0.643. The van der Waals surface area contributed by atoms with Gasteiger partial charge in [-0.15, -0.1) is 11.3 Å². The van der Waals surface area contributed by atoms with Crippen molar-refractivity contribution in [2.75, 3.05) is 0 Å². The average Bonchev–Trinajstić information content (AvgIpc) is 2.96. The molecule has 0 bridgehead atoms. The number of nitrogens with one attached hydrogen (secondary N) is 1. The van der Waals surface area contributed by atoms with Gasteiger partial charge in [-0.3, -0.25) is 9.59 Å². The molecule has 4 unspecified atom stereocenters. The van der Waals surface area contributed by atoms with E-state index in [9.17, 15) is 9.59 Å². The van der Waals surface area contributed by atoms with Gasteiger partial charge in [0.2, 0.25) is 11.8 Å². The molecule has 1 aromatic rings. The van der Waals surface area contributed by atoms with Crippen LogP contribution in [0.5, 0.6) is 0 Å². The first-order valence-electron chi connectivity index (χ1n) is 6.99. The van der Waals surface area contributed by atoms with Crippen LogP contribution in [0, 0.1) is 5.92 Å². The van der Waals surface area contributed by atoms with Gasteiger partial charge in [0.15, 0.2) is 0 Å². The number of nitrogens with zero attached hydrogens (tertiary/aromatic N) is 2. The molecule has 0 aliphatic carbocycles. The zero-order chi connectivity index (χ0) is 14.9. The Bertz CT molecular complexity index is 489. The van der Waals surface area contributed by atoms with Crippen LogP contribution in [0.2, 0.25) is 0 Å². The summed E-state index contributed by atoms with van der Waals surface area (Å²) in [7, 11) is 0. The van der Waals surface area contributed by atoms with E-state index >= 15 is 0 Å². The summed E-state index contributed by atoms with van der Waals surface area (Å²) in [6, 6.07) is -1.05. The lowest BCUT2D eigenvalue weighted by molar-refractivity contribution is -0.152. The van der Waals surface area contributed by atoms with Crippen LogP contribution in [0.1, 0.15) is 45.2 Å². The molecule has 2 amide bonds. The number of thiazole rings is 1. The number of carbonyl (C=O) groups is 2. The molecule has 1 saturated heterocycles. The SMILES string of the molecule is CCC(C)C1NC(=O)C(C)N(C(C)c2nccs2)C1=O. The van der Waals surface area contributed by atoms with Crippen LogP contribution in [0.25, 0.3) is 0 Å². The Kier molecular flexibility index (Phi) is 4.42. The maximum atomic E-state index is 12.7. The third kappa shape index (κ3) is 2.57. The van der Waals surface area contributed by atoms with E-state index in [2.05, 4.69) is 10.3 Å². The second-order valence-corrected chi connectivity index (χ2v) is 6.27. The number of hydrogen-bond acceptors (Lipinski definition) is 4. The molecule has 0 spiro atoms. The van der Waals surface area contributed by atoms with Gasteiger partial charge in [-0.25, -0.2) is 4.98 Å². The molecule has 1 N–H and O–H groups in total. The molecule has 5 nitrogen and oxygen atoms in total. The first-order chi connectivity index (χ1) is 9.47. The molecule has 2 heterocycles. The molecule has 4 atom stereocenters. The predicted molar refractivity (Wildman–Crippen MR) is 78.2 cm³/mol. The Morgan fingerprint density at radius 2 is 2.15 bits per heavy atom. The van der Waals surface area contributed by atoms with E-state index in [0.29, 0.717) is 0 Å². The van der Waals surface area contributed by atoms with E-state index in [4.69, 9.17) is 0 Å². The van der Waals surface area contributed by atoms with E-state index in [1.54, 1.807) is 18.0 Å². The van der Waals surface area contributed by atoms with Crippen molar-refractivity contribution in [3.8, 4) is 0 Å². The monoisotopic (exact) mass is 295 g/mol. The Labute approximate surface area is 123 Å². The third-order valence-corrected chi connectivity index (χ3v) is 5.00. The van der Waals surface area contributed by atoms with Crippen LogP contribution in [-0.4, -0.2) is 33.8 Å². The van der Waals surface area contributed by atoms with E-state index in [1.165, 1.54) is 11.3 Å². The first kappa shape index (κ1) is 15.0. The van der Waals surface area contributed by atoms with Crippen molar-refractivity contribution >= 4 is 23.2 Å². The lowest BCUT2D eigenvalue weighted by atomic mass is 9.93. The van der Waals surface area contributed by atoms with Crippen molar-refractivity contribution in [1.29, 1.82) is 0 Å². The van der Waals surface area contributed by atoms with Gasteiger partial charge in [0.25, 0.3) is 0 Å². The van der Waals surface area contributed by atoms with Crippen molar-refractivity contribution in [3.63, 3.8) is 0 Å². The van der Waals surface area contributed by atoms with E-state index < -0.39 is 12.1 Å². The van der Waals surface area contributed by atoms with Gasteiger partial charge < -0.3 is 10.2 Å². The smallest absolute Gasteiger partial charge is 0.246 e. The fourth-order valence-electron chi connectivity index (χ4n) is 2.52. The minimum Gasteiger partial charge on any atom is -0.342 e. The highest BCUT2D eigenvalue weighted by molar-refractivity contribution is 7.09. The summed E-state index contributed by atoms with van der Waals surface area (Å²) >= 11 is 1.51.